The van der Waals surface area contributed by atoms with E-state index in [9.17, 15) is 14.4 Å². The topological polar surface area (TPSA) is 98.9 Å². The van der Waals surface area contributed by atoms with E-state index in [2.05, 4.69) is 0 Å². The fraction of sp³-hybridized carbons (Fsp3) is 0.500. The number of esters is 2. The van der Waals surface area contributed by atoms with E-state index in [0.29, 0.717) is 0 Å². The van der Waals surface area contributed by atoms with Crippen molar-refractivity contribution in [2.24, 2.45) is 5.73 Å². The molecule has 0 spiro atoms. The molecule has 0 aliphatic carbocycles. The van der Waals surface area contributed by atoms with E-state index in [1.807, 2.05) is 44.2 Å². The number of nitrogens with two attached hydrogens (primary N) is 1. The predicted molar refractivity (Wildman–Crippen MR) is 95.9 cm³/mol. The zero-order valence-electron chi connectivity index (χ0n) is 14.9. The average Bonchev–Trinajstić information content (AvgIpc) is 2.89. The molecule has 1 aromatic rings. The van der Waals surface area contributed by atoms with Gasteiger partial charge in [-0.2, -0.15) is 0 Å². The van der Waals surface area contributed by atoms with Crippen molar-refractivity contribution in [1.29, 1.82) is 0 Å². The molecule has 2 heterocycles. The molecule has 1 aromatic carbocycles. The first-order valence-corrected chi connectivity index (χ1v) is 9.28. The van der Waals surface area contributed by atoms with E-state index in [0.717, 1.165) is 5.56 Å². The van der Waals surface area contributed by atoms with Crippen LogP contribution in [0.2, 0.25) is 0 Å². The third-order valence-corrected chi connectivity index (χ3v) is 6.30. The molecule has 2 N–H and O–H groups in total. The van der Waals surface area contributed by atoms with Gasteiger partial charge in [0.1, 0.15) is 18.0 Å². The molecule has 0 radical (unpaired) electrons. The molecule has 0 unspecified atom stereocenters. The maximum Gasteiger partial charge on any atom is 0.339 e. The minimum absolute atomic E-state index is 0.120. The van der Waals surface area contributed by atoms with Crippen molar-refractivity contribution < 1.29 is 23.9 Å². The number of ether oxygens (including phenoxy) is 2. The zero-order valence-corrected chi connectivity index (χ0v) is 15.7. The summed E-state index contributed by atoms with van der Waals surface area (Å²) in [5, 5.41) is -0.640. The van der Waals surface area contributed by atoms with Gasteiger partial charge in [-0.3, -0.25) is 4.79 Å². The third kappa shape index (κ3) is 2.77. The van der Waals surface area contributed by atoms with Crippen LogP contribution in [-0.4, -0.2) is 51.1 Å². The molecule has 1 amide bonds. The number of benzene rings is 1. The van der Waals surface area contributed by atoms with Gasteiger partial charge < -0.3 is 20.1 Å². The van der Waals surface area contributed by atoms with Crippen molar-refractivity contribution in [3.05, 3.63) is 35.9 Å². The van der Waals surface area contributed by atoms with Crippen LogP contribution in [0.3, 0.4) is 0 Å². The number of hydrogen-bond donors (Lipinski definition) is 1. The van der Waals surface area contributed by atoms with Gasteiger partial charge in [-0.05, 0) is 26.3 Å². The molecular formula is C18H22N2O5S. The normalized spacial score (nSPS) is 28.9. The molecule has 3 atom stereocenters. The van der Waals surface area contributed by atoms with Crippen LogP contribution < -0.4 is 5.73 Å². The zero-order chi connectivity index (χ0) is 19.1. The number of nitrogens with zero attached hydrogens (tertiary/aromatic N) is 1. The Morgan fingerprint density at radius 3 is 2.50 bits per heavy atom. The Kier molecular flexibility index (Phi) is 4.74. The first-order chi connectivity index (χ1) is 12.2. The second-order valence-electron chi connectivity index (χ2n) is 6.87. The summed E-state index contributed by atoms with van der Waals surface area (Å²) in [6, 6.07) is 8.49. The van der Waals surface area contributed by atoms with Crippen molar-refractivity contribution in [3.63, 3.8) is 0 Å². The SMILES string of the molecule is CCOC(=O)[C@]1(N)C(=O)N2[C@@H](C(=O)OCc3ccccc3)C(C)(C)S[C@@H]21. The summed E-state index contributed by atoms with van der Waals surface area (Å²) >= 11 is 1.32. The molecule has 7 nitrogen and oxygen atoms in total. The smallest absolute Gasteiger partial charge is 0.339 e. The number of carbonyl (C=O) groups is 3. The summed E-state index contributed by atoms with van der Waals surface area (Å²) in [5.74, 6) is -1.86. The quantitative estimate of drug-likeness (QED) is 0.464. The Labute approximate surface area is 156 Å². The van der Waals surface area contributed by atoms with Crippen LogP contribution >= 0.6 is 11.8 Å². The summed E-state index contributed by atoms with van der Waals surface area (Å²) in [6.07, 6.45) is 0. The van der Waals surface area contributed by atoms with Crippen molar-refractivity contribution >= 4 is 29.6 Å². The van der Waals surface area contributed by atoms with E-state index in [4.69, 9.17) is 15.2 Å². The van der Waals surface area contributed by atoms with Gasteiger partial charge in [-0.1, -0.05) is 30.3 Å². The van der Waals surface area contributed by atoms with Gasteiger partial charge in [0, 0.05) is 4.75 Å². The summed E-state index contributed by atoms with van der Waals surface area (Å²) in [7, 11) is 0. The molecule has 2 aliphatic heterocycles. The summed E-state index contributed by atoms with van der Waals surface area (Å²) in [5.41, 5.74) is 5.18. The molecular weight excluding hydrogens is 356 g/mol. The number of fused-ring (bicyclic) bond motifs is 1. The van der Waals surface area contributed by atoms with Gasteiger partial charge in [-0.25, -0.2) is 9.59 Å². The molecule has 140 valence electrons. The van der Waals surface area contributed by atoms with Gasteiger partial charge in [0.15, 0.2) is 0 Å². The molecule has 3 rings (SSSR count). The second kappa shape index (κ2) is 6.59. The summed E-state index contributed by atoms with van der Waals surface area (Å²) in [4.78, 5) is 38.9. The number of rotatable bonds is 5. The Hall–Kier alpha value is -2.06. The van der Waals surface area contributed by atoms with Gasteiger partial charge in [-0.15, -0.1) is 11.8 Å². The van der Waals surface area contributed by atoms with Crippen molar-refractivity contribution in [1.82, 2.24) is 4.90 Å². The van der Waals surface area contributed by atoms with E-state index < -0.39 is 39.5 Å². The largest absolute Gasteiger partial charge is 0.464 e. The lowest BCUT2D eigenvalue weighted by Gasteiger charge is -2.48. The van der Waals surface area contributed by atoms with Crippen LogP contribution in [0.25, 0.3) is 0 Å². The summed E-state index contributed by atoms with van der Waals surface area (Å²) < 4.78 is 9.74. The van der Waals surface area contributed by atoms with Crippen LogP contribution in [0, 0.1) is 0 Å². The Morgan fingerprint density at radius 1 is 1.23 bits per heavy atom. The Morgan fingerprint density at radius 2 is 1.88 bits per heavy atom. The van der Waals surface area contributed by atoms with E-state index >= 15 is 0 Å². The average molecular weight is 378 g/mol. The van der Waals surface area contributed by atoms with E-state index in [1.54, 1.807) is 6.92 Å². The molecule has 0 saturated carbocycles. The van der Waals surface area contributed by atoms with Gasteiger partial charge >= 0.3 is 11.9 Å². The minimum Gasteiger partial charge on any atom is -0.464 e. The lowest BCUT2D eigenvalue weighted by Crippen LogP contribution is -2.81. The number of hydrogen-bond acceptors (Lipinski definition) is 7. The van der Waals surface area contributed by atoms with Gasteiger partial charge in [0.05, 0.1) is 6.61 Å². The standard InChI is InChI=1S/C18H22N2O5S/c1-4-24-16(23)18(19)14(22)20-12(17(2,3)26-15(18)20)13(21)25-10-11-8-6-5-7-9-11/h5-9,12,15H,4,10,19H2,1-3H3/t12-,15+,18-/m0/s1. The van der Waals surface area contributed by atoms with Gasteiger partial charge in [0.25, 0.3) is 5.91 Å². The van der Waals surface area contributed by atoms with Gasteiger partial charge in [0.2, 0.25) is 5.54 Å². The lowest BCUT2D eigenvalue weighted by molar-refractivity contribution is -0.179. The maximum atomic E-state index is 12.7. The van der Waals surface area contributed by atoms with Crippen molar-refractivity contribution in [2.45, 2.75) is 49.1 Å². The molecule has 26 heavy (non-hydrogen) atoms. The highest BCUT2D eigenvalue weighted by Gasteiger charge is 2.74. The molecule has 2 fully saturated rings. The highest BCUT2D eigenvalue weighted by atomic mass is 32.2. The predicted octanol–water partition coefficient (Wildman–Crippen LogP) is 1.05. The fourth-order valence-electron chi connectivity index (χ4n) is 3.31. The first kappa shape index (κ1) is 18.7. The van der Waals surface area contributed by atoms with Crippen LogP contribution in [0.5, 0.6) is 0 Å². The molecule has 8 heteroatoms. The highest BCUT2D eigenvalue weighted by molar-refractivity contribution is 8.01. The lowest BCUT2D eigenvalue weighted by atomic mass is 9.85. The van der Waals surface area contributed by atoms with E-state index in [1.165, 1.54) is 16.7 Å². The Balaban J connectivity index is 1.76. The van der Waals surface area contributed by atoms with Crippen LogP contribution in [0.15, 0.2) is 30.3 Å². The number of β-lactam (4-membered cyclic amide) rings is 1. The van der Waals surface area contributed by atoms with Crippen LogP contribution in [-0.2, 0) is 30.5 Å². The van der Waals surface area contributed by atoms with Crippen LogP contribution in [0.1, 0.15) is 26.3 Å². The number of amides is 1. The summed E-state index contributed by atoms with van der Waals surface area (Å²) in [6.45, 7) is 5.58. The maximum absolute atomic E-state index is 12.7. The second-order valence-corrected chi connectivity index (χ2v) is 8.61. The minimum atomic E-state index is -1.74. The number of thioether (sulfide) groups is 1. The monoisotopic (exact) mass is 378 g/mol. The molecule has 0 aromatic heterocycles. The molecule has 0 bridgehead atoms. The van der Waals surface area contributed by atoms with Crippen molar-refractivity contribution in [3.8, 4) is 0 Å². The highest BCUT2D eigenvalue weighted by Crippen LogP contribution is 2.54. The van der Waals surface area contributed by atoms with Crippen LogP contribution in [0.4, 0.5) is 0 Å². The van der Waals surface area contributed by atoms with Crippen molar-refractivity contribution in [2.75, 3.05) is 6.61 Å². The van der Waals surface area contributed by atoms with E-state index in [-0.39, 0.29) is 13.2 Å². The molecule has 2 aliphatic rings. The fourth-order valence-corrected chi connectivity index (χ4v) is 4.94. The molecule has 2 saturated heterocycles. The Bertz CT molecular complexity index is 738. The third-order valence-electron chi connectivity index (χ3n) is 4.64. The number of carbonyl (C=O) groups excluding carboxylic acids is 3. The first-order valence-electron chi connectivity index (χ1n) is 8.40.